The Balaban J connectivity index is 1.86. The Kier molecular flexibility index (Phi) is 4.55. The lowest BCUT2D eigenvalue weighted by molar-refractivity contribution is 0.300. The van der Waals surface area contributed by atoms with Crippen LogP contribution in [0.2, 0.25) is 0 Å². The van der Waals surface area contributed by atoms with Crippen LogP contribution in [0.3, 0.4) is 0 Å². The van der Waals surface area contributed by atoms with Crippen LogP contribution >= 0.6 is 0 Å². The summed E-state index contributed by atoms with van der Waals surface area (Å²) >= 11 is 0. The van der Waals surface area contributed by atoms with Gasteiger partial charge in [-0.05, 0) is 43.0 Å². The third-order valence-corrected chi connectivity index (χ3v) is 6.36. The van der Waals surface area contributed by atoms with Gasteiger partial charge in [-0.3, -0.25) is 0 Å². The topological polar surface area (TPSA) is 67.6 Å². The van der Waals surface area contributed by atoms with E-state index in [2.05, 4.69) is 0 Å². The van der Waals surface area contributed by atoms with E-state index in [4.69, 9.17) is 4.42 Å². The molecule has 3 rings (SSSR count). The first-order valence-corrected chi connectivity index (χ1v) is 9.41. The maximum absolute atomic E-state index is 12.8. The van der Waals surface area contributed by atoms with Crippen molar-refractivity contribution in [2.45, 2.75) is 37.0 Å². The van der Waals surface area contributed by atoms with Crippen LogP contribution < -0.4 is 5.63 Å². The second-order valence-electron chi connectivity index (χ2n) is 6.24. The van der Waals surface area contributed by atoms with Crippen molar-refractivity contribution < 1.29 is 12.8 Å². The van der Waals surface area contributed by atoms with Gasteiger partial charge in [0.15, 0.2) is 0 Å². The predicted molar refractivity (Wildman–Crippen MR) is 88.9 cm³/mol. The molecule has 5 nitrogen and oxygen atoms in total. The highest BCUT2D eigenvalue weighted by Gasteiger charge is 2.25. The lowest BCUT2D eigenvalue weighted by Gasteiger charge is -2.26. The summed E-state index contributed by atoms with van der Waals surface area (Å²) in [6, 6.07) is 7.48. The third-order valence-electron chi connectivity index (χ3n) is 4.54. The van der Waals surface area contributed by atoms with Gasteiger partial charge in [0, 0.05) is 25.0 Å². The molecule has 2 aromatic rings. The van der Waals surface area contributed by atoms with Crippen molar-refractivity contribution in [3.63, 3.8) is 0 Å². The molecule has 1 heterocycles. The molecule has 124 valence electrons. The maximum atomic E-state index is 12.8. The summed E-state index contributed by atoms with van der Waals surface area (Å²) in [5.41, 5.74) is -0.0473. The summed E-state index contributed by atoms with van der Waals surface area (Å²) < 4.78 is 32.0. The second-order valence-corrected chi connectivity index (χ2v) is 8.29. The van der Waals surface area contributed by atoms with Crippen LogP contribution in [0, 0.1) is 5.92 Å². The molecule has 0 N–H and O–H groups in total. The molecule has 1 aliphatic carbocycles. The van der Waals surface area contributed by atoms with Crippen molar-refractivity contribution in [2.75, 3.05) is 13.6 Å². The zero-order valence-corrected chi connectivity index (χ0v) is 14.0. The van der Waals surface area contributed by atoms with Gasteiger partial charge in [-0.2, -0.15) is 0 Å². The van der Waals surface area contributed by atoms with E-state index in [-0.39, 0.29) is 4.90 Å². The largest absolute Gasteiger partial charge is 0.423 e. The monoisotopic (exact) mass is 335 g/mol. The number of fused-ring (bicyclic) bond motifs is 1. The zero-order valence-electron chi connectivity index (χ0n) is 13.2. The Bertz CT molecular complexity index is 850. The fourth-order valence-corrected chi connectivity index (χ4v) is 4.50. The van der Waals surface area contributed by atoms with Gasteiger partial charge in [-0.1, -0.05) is 19.3 Å². The van der Waals surface area contributed by atoms with Crippen molar-refractivity contribution in [1.29, 1.82) is 0 Å². The minimum absolute atomic E-state index is 0.233. The van der Waals surface area contributed by atoms with E-state index in [1.807, 2.05) is 0 Å². The molecule has 0 saturated heterocycles. The Morgan fingerprint density at radius 1 is 1.13 bits per heavy atom. The van der Waals surface area contributed by atoms with Gasteiger partial charge in [-0.15, -0.1) is 0 Å². The molecule has 6 heteroatoms. The van der Waals surface area contributed by atoms with E-state index >= 15 is 0 Å². The Labute approximate surface area is 136 Å². The van der Waals surface area contributed by atoms with Crippen LogP contribution in [0.15, 0.2) is 44.4 Å². The summed E-state index contributed by atoms with van der Waals surface area (Å²) in [5.74, 6) is 0.446. The van der Waals surface area contributed by atoms with Gasteiger partial charge in [0.1, 0.15) is 5.58 Å². The number of benzene rings is 1. The fraction of sp³-hybridized carbons (Fsp3) is 0.471. The normalized spacial score (nSPS) is 17.0. The smallest absolute Gasteiger partial charge is 0.336 e. The first-order valence-electron chi connectivity index (χ1n) is 7.97. The van der Waals surface area contributed by atoms with Crippen LogP contribution in [0.25, 0.3) is 11.0 Å². The summed E-state index contributed by atoms with van der Waals surface area (Å²) in [5, 5.41) is 0.608. The molecule has 0 radical (unpaired) electrons. The number of hydrogen-bond donors (Lipinski definition) is 0. The SMILES string of the molecule is CN(CC1CCCCC1)S(=O)(=O)c1ccc2oc(=O)ccc2c1. The number of nitrogens with zero attached hydrogens (tertiary/aromatic N) is 1. The van der Waals surface area contributed by atoms with Crippen molar-refractivity contribution in [3.05, 3.63) is 40.8 Å². The molecule has 23 heavy (non-hydrogen) atoms. The lowest BCUT2D eigenvalue weighted by Crippen LogP contribution is -2.32. The van der Waals surface area contributed by atoms with Crippen molar-refractivity contribution >= 4 is 21.0 Å². The van der Waals surface area contributed by atoms with Crippen LogP contribution in [0.4, 0.5) is 0 Å². The minimum atomic E-state index is -3.53. The standard InChI is InChI=1S/C17H21NO4S/c1-18(12-13-5-3-2-4-6-13)23(20,21)15-8-9-16-14(11-15)7-10-17(19)22-16/h7-11,13H,2-6,12H2,1H3. The zero-order chi connectivity index (χ0) is 16.4. The van der Waals surface area contributed by atoms with E-state index in [0.29, 0.717) is 23.4 Å². The van der Waals surface area contributed by atoms with E-state index in [9.17, 15) is 13.2 Å². The lowest BCUT2D eigenvalue weighted by atomic mass is 9.89. The highest BCUT2D eigenvalue weighted by molar-refractivity contribution is 7.89. The molecule has 1 aromatic heterocycles. The van der Waals surface area contributed by atoms with E-state index < -0.39 is 15.6 Å². The summed E-state index contributed by atoms with van der Waals surface area (Å²) in [6.45, 7) is 0.560. The van der Waals surface area contributed by atoms with Crippen LogP contribution in [-0.2, 0) is 10.0 Å². The first-order chi connectivity index (χ1) is 11.0. The van der Waals surface area contributed by atoms with Gasteiger partial charge in [0.05, 0.1) is 4.90 Å². The molecule has 1 fully saturated rings. The van der Waals surface area contributed by atoms with Gasteiger partial charge in [0.2, 0.25) is 10.0 Å². The molecule has 1 saturated carbocycles. The van der Waals surface area contributed by atoms with Crippen LogP contribution in [0.1, 0.15) is 32.1 Å². The third kappa shape index (κ3) is 3.48. The molecule has 0 unspecified atom stereocenters. The second kappa shape index (κ2) is 6.45. The quantitative estimate of drug-likeness (QED) is 0.806. The Hall–Kier alpha value is -1.66. The molecule has 0 atom stereocenters. The number of hydrogen-bond acceptors (Lipinski definition) is 4. The molecule has 0 spiro atoms. The first kappa shape index (κ1) is 16.2. The number of sulfonamides is 1. The van der Waals surface area contributed by atoms with Crippen molar-refractivity contribution in [1.82, 2.24) is 4.31 Å². The van der Waals surface area contributed by atoms with E-state index in [1.165, 1.54) is 41.8 Å². The Morgan fingerprint density at radius 2 is 1.87 bits per heavy atom. The maximum Gasteiger partial charge on any atom is 0.336 e. The van der Waals surface area contributed by atoms with Crippen LogP contribution in [-0.4, -0.2) is 26.3 Å². The predicted octanol–water partition coefficient (Wildman–Crippen LogP) is 2.99. The molecule has 0 bridgehead atoms. The average molecular weight is 335 g/mol. The molecule has 0 aliphatic heterocycles. The van der Waals surface area contributed by atoms with E-state index in [0.717, 1.165) is 12.8 Å². The summed E-state index contributed by atoms with van der Waals surface area (Å²) in [4.78, 5) is 11.4. The molecule has 1 aliphatic rings. The van der Waals surface area contributed by atoms with Gasteiger partial charge in [-0.25, -0.2) is 17.5 Å². The molecular weight excluding hydrogens is 314 g/mol. The van der Waals surface area contributed by atoms with Gasteiger partial charge < -0.3 is 4.42 Å². The van der Waals surface area contributed by atoms with Gasteiger partial charge >= 0.3 is 5.63 Å². The Morgan fingerprint density at radius 3 is 2.61 bits per heavy atom. The summed E-state index contributed by atoms with van der Waals surface area (Å²) in [6.07, 6.45) is 5.83. The van der Waals surface area contributed by atoms with Crippen molar-refractivity contribution in [3.8, 4) is 0 Å². The molecule has 1 aromatic carbocycles. The summed E-state index contributed by atoms with van der Waals surface area (Å²) in [7, 11) is -1.89. The highest BCUT2D eigenvalue weighted by atomic mass is 32.2. The average Bonchev–Trinajstić information content (AvgIpc) is 2.55. The molecule has 0 amide bonds. The highest BCUT2D eigenvalue weighted by Crippen LogP contribution is 2.26. The number of rotatable bonds is 4. The minimum Gasteiger partial charge on any atom is -0.423 e. The molecular formula is C17H21NO4S. The fourth-order valence-electron chi connectivity index (χ4n) is 3.22. The van der Waals surface area contributed by atoms with Crippen LogP contribution in [0.5, 0.6) is 0 Å². The van der Waals surface area contributed by atoms with Gasteiger partial charge in [0.25, 0.3) is 0 Å². The van der Waals surface area contributed by atoms with E-state index in [1.54, 1.807) is 19.2 Å². The van der Waals surface area contributed by atoms with Crippen molar-refractivity contribution in [2.24, 2.45) is 5.92 Å².